The van der Waals surface area contributed by atoms with Crippen molar-refractivity contribution in [2.45, 2.75) is 12.5 Å². The van der Waals surface area contributed by atoms with Crippen LogP contribution in [0.15, 0.2) is 6.07 Å². The maximum absolute atomic E-state index is 12.3. The molecule has 0 aliphatic carbocycles. The number of alkyl halides is 6. The van der Waals surface area contributed by atoms with Gasteiger partial charge in [-0.1, -0.05) is 0 Å². The van der Waals surface area contributed by atoms with Gasteiger partial charge < -0.3 is 16.2 Å². The average molecular weight is 261 g/mol. The fourth-order valence-electron chi connectivity index (χ4n) is 0.958. The third kappa shape index (κ3) is 3.29. The summed E-state index contributed by atoms with van der Waals surface area (Å²) in [6.45, 7) is 0. The number of hydrogen-bond donors (Lipinski definition) is 2. The summed E-state index contributed by atoms with van der Waals surface area (Å²) in [6.07, 6.45) is -10.1. The second-order valence-corrected chi connectivity index (χ2v) is 2.85. The molecule has 0 radical (unpaired) electrons. The number of nitrogens with two attached hydrogens (primary N) is 2. The first-order valence-corrected chi connectivity index (χ1v) is 3.89. The second kappa shape index (κ2) is 3.86. The molecule has 1 rings (SSSR count). The summed E-state index contributed by atoms with van der Waals surface area (Å²) in [4.78, 5) is 2.93. The van der Waals surface area contributed by atoms with Gasteiger partial charge in [0, 0.05) is 6.07 Å². The van der Waals surface area contributed by atoms with E-state index in [1.165, 1.54) is 0 Å². The first kappa shape index (κ1) is 13.2. The Balaban J connectivity index is 3.25. The Bertz CT molecular complexity index is 427. The molecule has 1 aromatic rings. The lowest BCUT2D eigenvalue weighted by atomic mass is 10.2. The first-order valence-electron chi connectivity index (χ1n) is 3.89. The predicted octanol–water partition coefficient (Wildman–Crippen LogP) is 2.16. The number of rotatable bonds is 1. The van der Waals surface area contributed by atoms with E-state index < -0.39 is 35.5 Å². The van der Waals surface area contributed by atoms with Crippen LogP contribution < -0.4 is 16.2 Å². The van der Waals surface area contributed by atoms with E-state index in [9.17, 15) is 26.3 Å². The summed E-state index contributed by atoms with van der Waals surface area (Å²) in [5.74, 6) is -3.16. The molecular weight excluding hydrogens is 256 g/mol. The van der Waals surface area contributed by atoms with E-state index in [-0.39, 0.29) is 6.07 Å². The zero-order chi connectivity index (χ0) is 13.4. The van der Waals surface area contributed by atoms with Gasteiger partial charge in [-0.25, -0.2) is 4.98 Å². The standard InChI is InChI=1S/C7H5F6N3O/c8-6(9,10)2-1-3(17-7(11,12)13)5(15)16-4(2)14/h1H,(H4,14,15,16). The molecule has 17 heavy (non-hydrogen) atoms. The van der Waals surface area contributed by atoms with E-state index in [0.717, 1.165) is 0 Å². The topological polar surface area (TPSA) is 74.2 Å². The summed E-state index contributed by atoms with van der Waals surface area (Å²) in [6, 6.07) is 0.0468. The molecule has 96 valence electrons. The Labute approximate surface area is 90.2 Å². The van der Waals surface area contributed by atoms with Crippen molar-refractivity contribution in [3.8, 4) is 5.75 Å². The van der Waals surface area contributed by atoms with E-state index in [1.807, 2.05) is 0 Å². The number of aromatic nitrogens is 1. The highest BCUT2D eigenvalue weighted by molar-refractivity contribution is 5.56. The van der Waals surface area contributed by atoms with Gasteiger partial charge in [0.2, 0.25) is 0 Å². The van der Waals surface area contributed by atoms with Crippen molar-refractivity contribution in [2.75, 3.05) is 11.5 Å². The van der Waals surface area contributed by atoms with Crippen LogP contribution in [0.25, 0.3) is 0 Å². The van der Waals surface area contributed by atoms with Crippen LogP contribution in [0.1, 0.15) is 5.56 Å². The highest BCUT2D eigenvalue weighted by Gasteiger charge is 2.37. The molecule has 0 aliphatic rings. The fraction of sp³-hybridized carbons (Fsp3) is 0.286. The van der Waals surface area contributed by atoms with E-state index in [0.29, 0.717) is 0 Å². The van der Waals surface area contributed by atoms with E-state index in [2.05, 4.69) is 9.72 Å². The predicted molar refractivity (Wildman–Crippen MR) is 44.7 cm³/mol. The summed E-state index contributed by atoms with van der Waals surface area (Å²) in [5, 5.41) is 0. The molecule has 0 spiro atoms. The monoisotopic (exact) mass is 261 g/mol. The molecular formula is C7H5F6N3O. The van der Waals surface area contributed by atoms with Gasteiger partial charge in [-0.15, -0.1) is 13.2 Å². The second-order valence-electron chi connectivity index (χ2n) is 2.85. The van der Waals surface area contributed by atoms with Crippen LogP contribution in [0.5, 0.6) is 5.75 Å². The summed E-state index contributed by atoms with van der Waals surface area (Å²) in [7, 11) is 0. The molecule has 0 saturated carbocycles. The minimum absolute atomic E-state index is 0.0468. The minimum Gasteiger partial charge on any atom is -0.402 e. The Kier molecular flexibility index (Phi) is 2.99. The molecule has 10 heteroatoms. The molecule has 4 nitrogen and oxygen atoms in total. The fourth-order valence-corrected chi connectivity index (χ4v) is 0.958. The van der Waals surface area contributed by atoms with E-state index >= 15 is 0 Å². The Morgan fingerprint density at radius 1 is 1.00 bits per heavy atom. The number of halogens is 6. The molecule has 0 aromatic carbocycles. The van der Waals surface area contributed by atoms with Gasteiger partial charge in [0.1, 0.15) is 11.4 Å². The summed E-state index contributed by atoms with van der Waals surface area (Å²) < 4.78 is 75.7. The number of nitrogens with zero attached hydrogens (tertiary/aromatic N) is 1. The minimum atomic E-state index is -5.17. The van der Waals surface area contributed by atoms with Crippen molar-refractivity contribution >= 4 is 11.6 Å². The van der Waals surface area contributed by atoms with Crippen LogP contribution in [-0.2, 0) is 6.18 Å². The number of pyridine rings is 1. The molecule has 0 aliphatic heterocycles. The Morgan fingerprint density at radius 2 is 1.53 bits per heavy atom. The highest BCUT2D eigenvalue weighted by Crippen LogP contribution is 2.38. The third-order valence-corrected chi connectivity index (χ3v) is 1.58. The lowest BCUT2D eigenvalue weighted by Crippen LogP contribution is -2.20. The van der Waals surface area contributed by atoms with Gasteiger partial charge in [-0.05, 0) is 0 Å². The van der Waals surface area contributed by atoms with Crippen molar-refractivity contribution in [1.82, 2.24) is 4.98 Å². The number of hydrogen-bond acceptors (Lipinski definition) is 4. The molecule has 0 amide bonds. The van der Waals surface area contributed by atoms with E-state index in [1.54, 1.807) is 0 Å². The van der Waals surface area contributed by atoms with Crippen LogP contribution in [0.4, 0.5) is 38.0 Å². The number of ether oxygens (including phenoxy) is 1. The van der Waals surface area contributed by atoms with Crippen LogP contribution in [0, 0.1) is 0 Å². The molecule has 1 heterocycles. The molecule has 0 fully saturated rings. The van der Waals surface area contributed by atoms with Gasteiger partial charge in [0.25, 0.3) is 0 Å². The normalized spacial score (nSPS) is 12.6. The van der Waals surface area contributed by atoms with Gasteiger partial charge >= 0.3 is 12.5 Å². The van der Waals surface area contributed by atoms with Gasteiger partial charge in [-0.2, -0.15) is 13.2 Å². The van der Waals surface area contributed by atoms with Crippen molar-refractivity contribution in [1.29, 1.82) is 0 Å². The molecule has 0 saturated heterocycles. The summed E-state index contributed by atoms with van der Waals surface area (Å²) >= 11 is 0. The third-order valence-electron chi connectivity index (χ3n) is 1.58. The number of anilines is 2. The van der Waals surface area contributed by atoms with Crippen molar-refractivity contribution < 1.29 is 31.1 Å². The Morgan fingerprint density at radius 3 is 1.94 bits per heavy atom. The quantitative estimate of drug-likeness (QED) is 0.760. The number of nitrogen functional groups attached to an aromatic ring is 2. The maximum Gasteiger partial charge on any atom is 0.573 e. The van der Waals surface area contributed by atoms with Crippen LogP contribution in [-0.4, -0.2) is 11.3 Å². The van der Waals surface area contributed by atoms with Crippen molar-refractivity contribution in [3.63, 3.8) is 0 Å². The molecule has 0 unspecified atom stereocenters. The van der Waals surface area contributed by atoms with Crippen LogP contribution in [0.2, 0.25) is 0 Å². The summed E-state index contributed by atoms with van der Waals surface area (Å²) in [5.41, 5.74) is 8.30. The van der Waals surface area contributed by atoms with Crippen molar-refractivity contribution in [2.24, 2.45) is 0 Å². The molecule has 1 aromatic heterocycles. The van der Waals surface area contributed by atoms with Crippen LogP contribution in [0.3, 0.4) is 0 Å². The molecule has 4 N–H and O–H groups in total. The largest absolute Gasteiger partial charge is 0.573 e. The SMILES string of the molecule is Nc1nc(N)c(C(F)(F)F)cc1OC(F)(F)F. The lowest BCUT2D eigenvalue weighted by molar-refractivity contribution is -0.274. The van der Waals surface area contributed by atoms with Crippen molar-refractivity contribution in [3.05, 3.63) is 11.6 Å². The average Bonchev–Trinajstić information content (AvgIpc) is 2.05. The maximum atomic E-state index is 12.3. The van der Waals surface area contributed by atoms with E-state index in [4.69, 9.17) is 11.5 Å². The zero-order valence-electron chi connectivity index (χ0n) is 7.86. The highest BCUT2D eigenvalue weighted by atomic mass is 19.4. The Hall–Kier alpha value is -1.87. The van der Waals surface area contributed by atoms with Gasteiger partial charge in [-0.3, -0.25) is 0 Å². The lowest BCUT2D eigenvalue weighted by Gasteiger charge is -2.14. The smallest absolute Gasteiger partial charge is 0.402 e. The molecule has 0 bridgehead atoms. The molecule has 0 atom stereocenters. The van der Waals surface area contributed by atoms with Gasteiger partial charge in [0.05, 0.1) is 0 Å². The zero-order valence-corrected chi connectivity index (χ0v) is 7.86. The first-order chi connectivity index (χ1) is 7.50. The van der Waals surface area contributed by atoms with Crippen LogP contribution >= 0.6 is 0 Å². The van der Waals surface area contributed by atoms with Gasteiger partial charge in [0.15, 0.2) is 11.6 Å².